The minimum Gasteiger partial charge on any atom is -0.353 e. The number of halogens is 1. The number of aromatic nitrogens is 1. The van der Waals surface area contributed by atoms with Crippen LogP contribution in [0, 0.1) is 6.92 Å². The molecule has 196 valence electrons. The van der Waals surface area contributed by atoms with Crippen molar-refractivity contribution in [2.45, 2.75) is 38.1 Å². The van der Waals surface area contributed by atoms with Gasteiger partial charge in [0.05, 0.1) is 17.2 Å². The lowest BCUT2D eigenvalue weighted by atomic mass is 9.95. The molecule has 2 aliphatic heterocycles. The molecule has 1 aromatic heterocycles. The summed E-state index contributed by atoms with van der Waals surface area (Å²) in [7, 11) is 0. The third kappa shape index (κ3) is 5.14. The standard InChI is InChI=1S/C29H29ClN4O4/c1-20-5-4-6-22(17-20)27(36)34-25(26(35)32-18-21-9-13-31-14-10-21)19-38-29(34)11-15-33(16-12-29)28(37)23-7-2-3-8-24(23)30/h2-10,13-14,17,25H,11-12,15-16,18-19H2,1H3,(H,32,35). The van der Waals surface area contributed by atoms with E-state index in [0.717, 1.165) is 11.1 Å². The molecular weight excluding hydrogens is 504 g/mol. The normalized spacial score (nSPS) is 18.4. The molecule has 1 N–H and O–H groups in total. The van der Waals surface area contributed by atoms with E-state index >= 15 is 0 Å². The Morgan fingerprint density at radius 3 is 2.47 bits per heavy atom. The Hall–Kier alpha value is -3.75. The van der Waals surface area contributed by atoms with E-state index in [9.17, 15) is 14.4 Å². The zero-order chi connectivity index (χ0) is 26.7. The van der Waals surface area contributed by atoms with Gasteiger partial charge in [-0.2, -0.15) is 0 Å². The summed E-state index contributed by atoms with van der Waals surface area (Å²) in [5.41, 5.74) is 1.81. The van der Waals surface area contributed by atoms with Gasteiger partial charge in [-0.15, -0.1) is 0 Å². The predicted octanol–water partition coefficient (Wildman–Crippen LogP) is 3.83. The van der Waals surface area contributed by atoms with E-state index in [1.165, 1.54) is 0 Å². The number of likely N-dealkylation sites (tertiary alicyclic amines) is 1. The van der Waals surface area contributed by atoms with Crippen LogP contribution in [0.4, 0.5) is 0 Å². The highest BCUT2D eigenvalue weighted by molar-refractivity contribution is 6.33. The molecule has 1 atom stereocenters. The first kappa shape index (κ1) is 25.9. The number of hydrogen-bond acceptors (Lipinski definition) is 5. The number of benzene rings is 2. The lowest BCUT2D eigenvalue weighted by Crippen LogP contribution is -2.59. The highest BCUT2D eigenvalue weighted by Gasteiger charge is 2.54. The van der Waals surface area contributed by atoms with Gasteiger partial charge < -0.3 is 15.0 Å². The summed E-state index contributed by atoms with van der Waals surface area (Å²) in [5.74, 6) is -0.706. The number of aryl methyl sites for hydroxylation is 1. The second kappa shape index (κ2) is 10.9. The van der Waals surface area contributed by atoms with Gasteiger partial charge in [0.2, 0.25) is 5.91 Å². The van der Waals surface area contributed by atoms with Crippen LogP contribution < -0.4 is 5.32 Å². The average Bonchev–Trinajstić information content (AvgIpc) is 3.30. The van der Waals surface area contributed by atoms with E-state index in [2.05, 4.69) is 10.3 Å². The molecule has 0 aliphatic carbocycles. The molecule has 3 amide bonds. The monoisotopic (exact) mass is 532 g/mol. The van der Waals surface area contributed by atoms with E-state index in [-0.39, 0.29) is 24.3 Å². The Labute approximate surface area is 226 Å². The molecule has 2 aromatic carbocycles. The molecular formula is C29H29ClN4O4. The first-order valence-corrected chi connectivity index (χ1v) is 13.0. The Kier molecular flexibility index (Phi) is 7.44. The fourth-order valence-electron chi connectivity index (χ4n) is 5.16. The summed E-state index contributed by atoms with van der Waals surface area (Å²) in [6, 6.07) is 17.1. The molecule has 38 heavy (non-hydrogen) atoms. The smallest absolute Gasteiger partial charge is 0.256 e. The van der Waals surface area contributed by atoms with Gasteiger partial charge in [-0.3, -0.25) is 24.3 Å². The van der Waals surface area contributed by atoms with Gasteiger partial charge in [0, 0.05) is 50.4 Å². The Morgan fingerprint density at radius 1 is 1.03 bits per heavy atom. The van der Waals surface area contributed by atoms with Crippen molar-refractivity contribution in [2.24, 2.45) is 0 Å². The van der Waals surface area contributed by atoms with Gasteiger partial charge in [0.25, 0.3) is 11.8 Å². The number of hydrogen-bond donors (Lipinski definition) is 1. The van der Waals surface area contributed by atoms with Gasteiger partial charge in [0.1, 0.15) is 11.8 Å². The second-order valence-electron chi connectivity index (χ2n) is 9.66. The van der Waals surface area contributed by atoms with E-state index in [1.807, 2.05) is 37.3 Å². The fourth-order valence-corrected chi connectivity index (χ4v) is 5.37. The van der Waals surface area contributed by atoms with E-state index in [1.54, 1.807) is 52.5 Å². The van der Waals surface area contributed by atoms with Gasteiger partial charge in [-0.05, 0) is 48.9 Å². The van der Waals surface area contributed by atoms with Gasteiger partial charge in [0.15, 0.2) is 0 Å². The van der Waals surface area contributed by atoms with Crippen LogP contribution in [0.3, 0.4) is 0 Å². The SMILES string of the molecule is Cc1cccc(C(=O)N2C(C(=O)NCc3ccncc3)COC23CCN(C(=O)c2ccccc2Cl)CC3)c1. The quantitative estimate of drug-likeness (QED) is 0.539. The minimum atomic E-state index is -0.989. The van der Waals surface area contributed by atoms with Crippen LogP contribution in [0.5, 0.6) is 0 Å². The molecule has 3 aromatic rings. The number of ether oxygens (including phenoxy) is 1. The summed E-state index contributed by atoms with van der Waals surface area (Å²) in [6.07, 6.45) is 4.10. The largest absolute Gasteiger partial charge is 0.353 e. The first-order chi connectivity index (χ1) is 18.4. The molecule has 8 nitrogen and oxygen atoms in total. The molecule has 3 heterocycles. The maximum Gasteiger partial charge on any atom is 0.256 e. The van der Waals surface area contributed by atoms with Crippen molar-refractivity contribution in [3.05, 3.63) is 100 Å². The summed E-state index contributed by atoms with van der Waals surface area (Å²) >= 11 is 6.26. The summed E-state index contributed by atoms with van der Waals surface area (Å²) < 4.78 is 6.28. The second-order valence-corrected chi connectivity index (χ2v) is 10.1. The number of carbonyl (C=O) groups is 3. The number of carbonyl (C=O) groups excluding carboxylic acids is 3. The first-order valence-electron chi connectivity index (χ1n) is 12.6. The number of nitrogens with one attached hydrogen (secondary N) is 1. The summed E-state index contributed by atoms with van der Waals surface area (Å²) in [4.78, 5) is 47.7. The van der Waals surface area contributed by atoms with Crippen molar-refractivity contribution in [1.82, 2.24) is 20.1 Å². The molecule has 2 saturated heterocycles. The van der Waals surface area contributed by atoms with Crippen LogP contribution >= 0.6 is 11.6 Å². The molecule has 5 rings (SSSR count). The predicted molar refractivity (Wildman–Crippen MR) is 142 cm³/mol. The molecule has 0 radical (unpaired) electrons. The van der Waals surface area contributed by atoms with Crippen LogP contribution in [0.2, 0.25) is 5.02 Å². The van der Waals surface area contributed by atoms with Gasteiger partial charge in [-0.1, -0.05) is 41.4 Å². The number of pyridine rings is 1. The molecule has 1 spiro atoms. The molecule has 0 saturated carbocycles. The Balaban J connectivity index is 1.37. The van der Waals surface area contributed by atoms with Crippen molar-refractivity contribution >= 4 is 29.3 Å². The van der Waals surface area contributed by atoms with Crippen molar-refractivity contribution in [1.29, 1.82) is 0 Å². The summed E-state index contributed by atoms with van der Waals surface area (Å²) in [6.45, 7) is 3.06. The third-order valence-corrected chi connectivity index (χ3v) is 7.53. The zero-order valence-electron chi connectivity index (χ0n) is 21.1. The Bertz CT molecular complexity index is 1340. The van der Waals surface area contributed by atoms with E-state index in [0.29, 0.717) is 48.6 Å². The lowest BCUT2D eigenvalue weighted by molar-refractivity contribution is -0.128. The fraction of sp³-hybridized carbons (Fsp3) is 0.310. The van der Waals surface area contributed by atoms with Crippen molar-refractivity contribution < 1.29 is 19.1 Å². The minimum absolute atomic E-state index is 0.0815. The van der Waals surface area contributed by atoms with Crippen molar-refractivity contribution in [3.8, 4) is 0 Å². The maximum absolute atomic E-state index is 13.9. The van der Waals surface area contributed by atoms with Crippen LogP contribution in [-0.4, -0.2) is 64.0 Å². The van der Waals surface area contributed by atoms with E-state index < -0.39 is 11.8 Å². The maximum atomic E-state index is 13.9. The highest BCUT2D eigenvalue weighted by Crippen LogP contribution is 2.39. The molecule has 0 bridgehead atoms. The van der Waals surface area contributed by atoms with E-state index in [4.69, 9.17) is 16.3 Å². The van der Waals surface area contributed by atoms with Crippen LogP contribution in [0.15, 0.2) is 73.1 Å². The van der Waals surface area contributed by atoms with Crippen molar-refractivity contribution in [3.63, 3.8) is 0 Å². The Morgan fingerprint density at radius 2 is 1.76 bits per heavy atom. The van der Waals surface area contributed by atoms with Crippen LogP contribution in [0.1, 0.15) is 44.7 Å². The average molecular weight is 533 g/mol. The number of rotatable bonds is 5. The molecule has 2 fully saturated rings. The third-order valence-electron chi connectivity index (χ3n) is 7.20. The van der Waals surface area contributed by atoms with Crippen molar-refractivity contribution in [2.75, 3.05) is 19.7 Å². The number of nitrogens with zero attached hydrogens (tertiary/aromatic N) is 3. The lowest BCUT2D eigenvalue weighted by Gasteiger charge is -2.44. The molecule has 9 heteroatoms. The van der Waals surface area contributed by atoms with Gasteiger partial charge in [-0.25, -0.2) is 0 Å². The van der Waals surface area contributed by atoms with Crippen LogP contribution in [0.25, 0.3) is 0 Å². The molecule has 1 unspecified atom stereocenters. The zero-order valence-corrected chi connectivity index (χ0v) is 21.9. The summed E-state index contributed by atoms with van der Waals surface area (Å²) in [5, 5.41) is 3.35. The molecule has 2 aliphatic rings. The number of piperidine rings is 1. The topological polar surface area (TPSA) is 91.8 Å². The number of amides is 3. The highest BCUT2D eigenvalue weighted by atomic mass is 35.5. The van der Waals surface area contributed by atoms with Gasteiger partial charge >= 0.3 is 0 Å². The van der Waals surface area contributed by atoms with Crippen LogP contribution in [-0.2, 0) is 16.1 Å².